The lowest BCUT2D eigenvalue weighted by Crippen LogP contribution is -2.42. The topological polar surface area (TPSA) is 29.1 Å². The van der Waals surface area contributed by atoms with Gasteiger partial charge in [-0.3, -0.25) is 4.79 Å². The second-order valence-electron chi connectivity index (χ2n) is 6.44. The smallest absolute Gasteiger partial charge is 0.227 e. The minimum Gasteiger partial charge on any atom is -0.355 e. The zero-order valence-electron chi connectivity index (χ0n) is 12.8. The molecule has 0 spiro atoms. The SMILES string of the molecule is CC1=CCCC(C)(C)C1C(=O)NCCc1ccccc1. The molecule has 1 aromatic carbocycles. The highest BCUT2D eigenvalue weighted by Gasteiger charge is 2.37. The minimum atomic E-state index is 0.0204. The van der Waals surface area contributed by atoms with E-state index < -0.39 is 0 Å². The molecule has 0 aromatic heterocycles. The summed E-state index contributed by atoms with van der Waals surface area (Å²) in [5.41, 5.74) is 2.55. The van der Waals surface area contributed by atoms with E-state index in [1.807, 2.05) is 18.2 Å². The summed E-state index contributed by atoms with van der Waals surface area (Å²) < 4.78 is 0. The number of benzene rings is 1. The molecule has 0 heterocycles. The molecule has 2 rings (SSSR count). The van der Waals surface area contributed by atoms with Crippen molar-refractivity contribution in [3.63, 3.8) is 0 Å². The first kappa shape index (κ1) is 14.8. The van der Waals surface area contributed by atoms with E-state index in [0.717, 1.165) is 19.3 Å². The molecular weight excluding hydrogens is 246 g/mol. The average Bonchev–Trinajstić information content (AvgIpc) is 2.38. The molecular formula is C18H25NO. The lowest BCUT2D eigenvalue weighted by atomic mass is 9.68. The first-order valence-electron chi connectivity index (χ1n) is 7.49. The van der Waals surface area contributed by atoms with E-state index in [-0.39, 0.29) is 17.2 Å². The third kappa shape index (κ3) is 3.50. The summed E-state index contributed by atoms with van der Waals surface area (Å²) in [6.07, 6.45) is 5.28. The molecule has 1 aromatic rings. The van der Waals surface area contributed by atoms with E-state index in [1.165, 1.54) is 11.1 Å². The Labute approximate surface area is 122 Å². The van der Waals surface area contributed by atoms with Crippen LogP contribution in [0.3, 0.4) is 0 Å². The van der Waals surface area contributed by atoms with E-state index in [1.54, 1.807) is 0 Å². The highest BCUT2D eigenvalue weighted by Crippen LogP contribution is 2.40. The number of hydrogen-bond acceptors (Lipinski definition) is 1. The molecule has 108 valence electrons. The zero-order valence-corrected chi connectivity index (χ0v) is 12.8. The third-order valence-electron chi connectivity index (χ3n) is 4.31. The van der Waals surface area contributed by atoms with Crippen LogP contribution < -0.4 is 5.32 Å². The third-order valence-corrected chi connectivity index (χ3v) is 4.31. The van der Waals surface area contributed by atoms with Crippen molar-refractivity contribution < 1.29 is 4.79 Å². The van der Waals surface area contributed by atoms with Gasteiger partial charge in [-0.2, -0.15) is 0 Å². The van der Waals surface area contributed by atoms with Crippen LogP contribution in [-0.2, 0) is 11.2 Å². The van der Waals surface area contributed by atoms with Crippen LogP contribution in [0.4, 0.5) is 0 Å². The monoisotopic (exact) mass is 271 g/mol. The van der Waals surface area contributed by atoms with Crippen molar-refractivity contribution in [2.24, 2.45) is 11.3 Å². The number of nitrogens with one attached hydrogen (secondary N) is 1. The molecule has 1 N–H and O–H groups in total. The van der Waals surface area contributed by atoms with Crippen LogP contribution in [0.5, 0.6) is 0 Å². The Bertz CT molecular complexity index is 487. The Morgan fingerprint density at radius 3 is 2.65 bits per heavy atom. The number of hydrogen-bond donors (Lipinski definition) is 1. The van der Waals surface area contributed by atoms with Crippen molar-refractivity contribution in [3.8, 4) is 0 Å². The summed E-state index contributed by atoms with van der Waals surface area (Å²) in [7, 11) is 0. The Hall–Kier alpha value is -1.57. The minimum absolute atomic E-state index is 0.0204. The van der Waals surface area contributed by atoms with Crippen LogP contribution in [-0.4, -0.2) is 12.5 Å². The van der Waals surface area contributed by atoms with Crippen molar-refractivity contribution in [2.45, 2.75) is 40.0 Å². The van der Waals surface area contributed by atoms with Crippen LogP contribution in [0.15, 0.2) is 42.0 Å². The van der Waals surface area contributed by atoms with Gasteiger partial charge in [-0.15, -0.1) is 0 Å². The number of carbonyl (C=O) groups excluding carboxylic acids is 1. The largest absolute Gasteiger partial charge is 0.355 e. The van der Waals surface area contributed by atoms with Gasteiger partial charge in [-0.05, 0) is 37.2 Å². The number of rotatable bonds is 4. The molecule has 0 radical (unpaired) electrons. The first-order valence-corrected chi connectivity index (χ1v) is 7.49. The summed E-state index contributed by atoms with van der Waals surface area (Å²) in [5.74, 6) is 0.200. The van der Waals surface area contributed by atoms with Crippen LogP contribution >= 0.6 is 0 Å². The number of allylic oxidation sites excluding steroid dienone is 1. The maximum absolute atomic E-state index is 12.5. The normalized spacial score (nSPS) is 21.1. The van der Waals surface area contributed by atoms with Crippen LogP contribution in [0.2, 0.25) is 0 Å². The molecule has 0 saturated carbocycles. The van der Waals surface area contributed by atoms with Crippen molar-refractivity contribution in [1.29, 1.82) is 0 Å². The van der Waals surface area contributed by atoms with Gasteiger partial charge in [0.05, 0.1) is 5.92 Å². The fraction of sp³-hybridized carbons (Fsp3) is 0.500. The summed E-state index contributed by atoms with van der Waals surface area (Å²) in [5, 5.41) is 3.11. The van der Waals surface area contributed by atoms with Gasteiger partial charge in [-0.25, -0.2) is 0 Å². The van der Waals surface area contributed by atoms with Crippen molar-refractivity contribution in [3.05, 3.63) is 47.5 Å². The van der Waals surface area contributed by atoms with Crippen molar-refractivity contribution in [1.82, 2.24) is 5.32 Å². The van der Waals surface area contributed by atoms with Gasteiger partial charge in [-0.1, -0.05) is 55.8 Å². The van der Waals surface area contributed by atoms with Gasteiger partial charge in [0.2, 0.25) is 5.91 Å². The van der Waals surface area contributed by atoms with Gasteiger partial charge in [0.1, 0.15) is 0 Å². The van der Waals surface area contributed by atoms with Gasteiger partial charge in [0.25, 0.3) is 0 Å². The lowest BCUT2D eigenvalue weighted by molar-refractivity contribution is -0.127. The predicted molar refractivity (Wildman–Crippen MR) is 83.4 cm³/mol. The predicted octanol–water partition coefficient (Wildman–Crippen LogP) is 3.73. The van der Waals surface area contributed by atoms with Crippen LogP contribution in [0.1, 0.15) is 39.2 Å². The second kappa shape index (κ2) is 6.25. The summed E-state index contributed by atoms with van der Waals surface area (Å²) in [6, 6.07) is 10.3. The van der Waals surface area contributed by atoms with Gasteiger partial charge in [0, 0.05) is 6.54 Å². The molecule has 0 fully saturated rings. The second-order valence-corrected chi connectivity index (χ2v) is 6.44. The van der Waals surface area contributed by atoms with Gasteiger partial charge >= 0.3 is 0 Å². The van der Waals surface area contributed by atoms with E-state index >= 15 is 0 Å². The summed E-state index contributed by atoms with van der Waals surface area (Å²) in [6.45, 7) is 7.20. The number of carbonyl (C=O) groups is 1. The molecule has 1 aliphatic carbocycles. The molecule has 2 heteroatoms. The quantitative estimate of drug-likeness (QED) is 0.831. The van der Waals surface area contributed by atoms with E-state index in [9.17, 15) is 4.79 Å². The first-order chi connectivity index (χ1) is 9.50. The Morgan fingerprint density at radius 1 is 1.30 bits per heavy atom. The molecule has 2 nitrogen and oxygen atoms in total. The molecule has 0 saturated heterocycles. The average molecular weight is 271 g/mol. The standard InChI is InChI=1S/C18H25NO/c1-14-8-7-12-18(2,3)16(14)17(20)19-13-11-15-9-5-4-6-10-15/h4-6,8-10,16H,7,11-13H2,1-3H3,(H,19,20). The summed E-state index contributed by atoms with van der Waals surface area (Å²) >= 11 is 0. The highest BCUT2D eigenvalue weighted by molar-refractivity contribution is 5.82. The molecule has 1 unspecified atom stereocenters. The van der Waals surface area contributed by atoms with Crippen LogP contribution in [0, 0.1) is 11.3 Å². The molecule has 1 amide bonds. The number of amides is 1. The molecule has 20 heavy (non-hydrogen) atoms. The highest BCUT2D eigenvalue weighted by atomic mass is 16.1. The van der Waals surface area contributed by atoms with E-state index in [0.29, 0.717) is 6.54 Å². The molecule has 1 atom stereocenters. The Morgan fingerprint density at radius 2 is 2.00 bits per heavy atom. The maximum atomic E-state index is 12.5. The Kier molecular flexibility index (Phi) is 4.64. The van der Waals surface area contributed by atoms with Gasteiger partial charge in [0.15, 0.2) is 0 Å². The molecule has 0 aliphatic heterocycles. The zero-order chi connectivity index (χ0) is 14.6. The molecule has 0 bridgehead atoms. The van der Waals surface area contributed by atoms with E-state index in [2.05, 4.69) is 44.3 Å². The van der Waals surface area contributed by atoms with E-state index in [4.69, 9.17) is 0 Å². The van der Waals surface area contributed by atoms with Gasteiger partial charge < -0.3 is 5.32 Å². The summed E-state index contributed by atoms with van der Waals surface area (Å²) in [4.78, 5) is 12.5. The molecule has 1 aliphatic rings. The fourth-order valence-corrected chi connectivity index (χ4v) is 3.19. The maximum Gasteiger partial charge on any atom is 0.227 e. The fourth-order valence-electron chi connectivity index (χ4n) is 3.19. The lowest BCUT2D eigenvalue weighted by Gasteiger charge is -2.37. The van der Waals surface area contributed by atoms with Crippen molar-refractivity contribution >= 4 is 5.91 Å². The Balaban J connectivity index is 1.91. The van der Waals surface area contributed by atoms with Crippen molar-refractivity contribution in [2.75, 3.05) is 6.54 Å². The van der Waals surface area contributed by atoms with Crippen LogP contribution in [0.25, 0.3) is 0 Å².